The minimum absolute atomic E-state index is 0.477. The minimum Gasteiger partial charge on any atom is -0.493 e. The molecule has 0 radical (unpaired) electrons. The summed E-state index contributed by atoms with van der Waals surface area (Å²) in [6, 6.07) is 5.77. The Hall–Kier alpha value is -2.04. The normalized spacial score (nSPS) is 17.6. The van der Waals surface area contributed by atoms with Crippen molar-refractivity contribution in [3.05, 3.63) is 24.0 Å². The van der Waals surface area contributed by atoms with E-state index in [4.69, 9.17) is 9.47 Å². The summed E-state index contributed by atoms with van der Waals surface area (Å²) in [7, 11) is 3.27. The van der Waals surface area contributed by atoms with Crippen LogP contribution in [-0.4, -0.2) is 29.0 Å². The molecule has 2 heterocycles. The zero-order chi connectivity index (χ0) is 14.1. The van der Waals surface area contributed by atoms with Crippen LogP contribution >= 0.6 is 0 Å². The average molecular weight is 273 g/mol. The van der Waals surface area contributed by atoms with E-state index in [0.717, 1.165) is 23.8 Å². The van der Waals surface area contributed by atoms with Gasteiger partial charge in [0.2, 0.25) is 0 Å². The van der Waals surface area contributed by atoms with Crippen LogP contribution in [0.4, 0.5) is 0 Å². The van der Waals surface area contributed by atoms with Crippen molar-refractivity contribution in [1.82, 2.24) is 14.8 Å². The number of benzene rings is 1. The number of aromatic nitrogens is 3. The molecule has 0 aliphatic carbocycles. The third-order valence-corrected chi connectivity index (χ3v) is 3.79. The largest absolute Gasteiger partial charge is 0.493 e. The van der Waals surface area contributed by atoms with Gasteiger partial charge in [-0.15, -0.1) is 0 Å². The molecule has 5 nitrogen and oxygen atoms in total. The van der Waals surface area contributed by atoms with Gasteiger partial charge >= 0.3 is 0 Å². The predicted molar refractivity (Wildman–Crippen MR) is 76.2 cm³/mol. The number of nitrogens with zero attached hydrogens (tertiary/aromatic N) is 3. The van der Waals surface area contributed by atoms with Crippen LogP contribution in [-0.2, 0) is 6.54 Å². The second kappa shape index (κ2) is 5.15. The lowest BCUT2D eigenvalue weighted by molar-refractivity contribution is 0.355. The summed E-state index contributed by atoms with van der Waals surface area (Å²) in [4.78, 5) is 4.69. The highest BCUT2D eigenvalue weighted by Crippen LogP contribution is 2.32. The summed E-state index contributed by atoms with van der Waals surface area (Å²) < 4.78 is 12.6. The van der Waals surface area contributed by atoms with Crippen LogP contribution < -0.4 is 9.47 Å². The highest BCUT2D eigenvalue weighted by atomic mass is 16.5. The summed E-state index contributed by atoms with van der Waals surface area (Å²) in [5.74, 6) is 3.74. The molecule has 1 aliphatic heterocycles. The van der Waals surface area contributed by atoms with Gasteiger partial charge in [-0.1, -0.05) is 6.92 Å². The third-order valence-electron chi connectivity index (χ3n) is 3.79. The summed E-state index contributed by atoms with van der Waals surface area (Å²) >= 11 is 0. The highest BCUT2D eigenvalue weighted by Gasteiger charge is 2.21. The molecule has 20 heavy (non-hydrogen) atoms. The summed E-state index contributed by atoms with van der Waals surface area (Å²) in [6.07, 6.45) is 2.35. The van der Waals surface area contributed by atoms with Crippen molar-refractivity contribution >= 4 is 0 Å². The maximum atomic E-state index is 5.33. The van der Waals surface area contributed by atoms with Gasteiger partial charge in [0.05, 0.1) is 14.2 Å². The first-order chi connectivity index (χ1) is 9.72. The van der Waals surface area contributed by atoms with E-state index >= 15 is 0 Å². The van der Waals surface area contributed by atoms with Crippen molar-refractivity contribution in [3.8, 4) is 22.9 Å². The van der Waals surface area contributed by atoms with Crippen molar-refractivity contribution < 1.29 is 9.47 Å². The molecule has 3 rings (SSSR count). The molecule has 0 saturated carbocycles. The lowest BCUT2D eigenvalue weighted by Crippen LogP contribution is -2.14. The number of aryl methyl sites for hydroxylation is 1. The molecular formula is C15H19N3O2. The van der Waals surface area contributed by atoms with Gasteiger partial charge in [-0.2, -0.15) is 5.10 Å². The predicted octanol–water partition coefficient (Wildman–Crippen LogP) is 2.86. The van der Waals surface area contributed by atoms with Gasteiger partial charge in [-0.3, -0.25) is 0 Å². The van der Waals surface area contributed by atoms with E-state index in [0.29, 0.717) is 17.4 Å². The summed E-state index contributed by atoms with van der Waals surface area (Å²) in [5.41, 5.74) is 0.955. The minimum atomic E-state index is 0.477. The first kappa shape index (κ1) is 13.0. The number of rotatable bonds is 3. The van der Waals surface area contributed by atoms with E-state index in [1.54, 1.807) is 14.2 Å². The molecular weight excluding hydrogens is 254 g/mol. The zero-order valence-corrected chi connectivity index (χ0v) is 12.1. The molecule has 106 valence electrons. The Morgan fingerprint density at radius 2 is 2.00 bits per heavy atom. The van der Waals surface area contributed by atoms with Crippen molar-refractivity contribution in [2.24, 2.45) is 0 Å². The Bertz CT molecular complexity index is 622. The quantitative estimate of drug-likeness (QED) is 0.862. The molecule has 2 aromatic rings. The monoisotopic (exact) mass is 273 g/mol. The maximum Gasteiger partial charge on any atom is 0.181 e. The number of hydrogen-bond acceptors (Lipinski definition) is 4. The molecule has 0 bridgehead atoms. The van der Waals surface area contributed by atoms with Crippen molar-refractivity contribution in [2.75, 3.05) is 14.2 Å². The van der Waals surface area contributed by atoms with E-state index in [9.17, 15) is 0 Å². The smallest absolute Gasteiger partial charge is 0.181 e. The Labute approximate surface area is 118 Å². The third kappa shape index (κ3) is 2.13. The molecule has 0 fully saturated rings. The van der Waals surface area contributed by atoms with Gasteiger partial charge in [0.25, 0.3) is 0 Å². The molecule has 1 aromatic carbocycles. The molecule has 0 spiro atoms. The lowest BCUT2D eigenvalue weighted by atomic mass is 10.0. The lowest BCUT2D eigenvalue weighted by Gasteiger charge is -2.17. The van der Waals surface area contributed by atoms with Crippen LogP contribution in [0, 0.1) is 0 Å². The van der Waals surface area contributed by atoms with Crippen molar-refractivity contribution in [3.63, 3.8) is 0 Å². The van der Waals surface area contributed by atoms with Crippen LogP contribution in [0.25, 0.3) is 11.4 Å². The second-order valence-electron chi connectivity index (χ2n) is 5.13. The first-order valence-electron chi connectivity index (χ1n) is 6.90. The van der Waals surface area contributed by atoms with Gasteiger partial charge in [-0.05, 0) is 31.0 Å². The number of fused-ring (bicyclic) bond motifs is 1. The average Bonchev–Trinajstić information content (AvgIpc) is 2.92. The number of methoxy groups -OCH3 is 2. The Morgan fingerprint density at radius 1 is 1.20 bits per heavy atom. The fourth-order valence-corrected chi connectivity index (χ4v) is 2.66. The second-order valence-corrected chi connectivity index (χ2v) is 5.13. The molecule has 1 aliphatic rings. The standard InChI is InChI=1S/C15H19N3O2/c1-10-5-4-8-18-15(10)16-14(17-18)11-6-7-12(19-2)13(9-11)20-3/h6-7,9-10H,4-5,8H2,1-3H3. The summed E-state index contributed by atoms with van der Waals surface area (Å²) in [5, 5.41) is 4.61. The van der Waals surface area contributed by atoms with E-state index < -0.39 is 0 Å². The van der Waals surface area contributed by atoms with Crippen molar-refractivity contribution in [2.45, 2.75) is 32.2 Å². The SMILES string of the molecule is COc1ccc(-c2nc3n(n2)CCCC3C)cc1OC. The summed E-state index contributed by atoms with van der Waals surface area (Å²) in [6.45, 7) is 3.16. The van der Waals surface area contributed by atoms with E-state index in [1.807, 2.05) is 22.9 Å². The van der Waals surface area contributed by atoms with E-state index in [1.165, 1.54) is 12.8 Å². The molecule has 5 heteroatoms. The van der Waals surface area contributed by atoms with Gasteiger partial charge < -0.3 is 9.47 Å². The van der Waals surface area contributed by atoms with Crippen LogP contribution in [0.5, 0.6) is 11.5 Å². The van der Waals surface area contributed by atoms with Gasteiger partial charge in [0.1, 0.15) is 5.82 Å². The van der Waals surface area contributed by atoms with Crippen LogP contribution in [0.3, 0.4) is 0 Å². The number of hydrogen-bond donors (Lipinski definition) is 0. The molecule has 1 atom stereocenters. The van der Waals surface area contributed by atoms with Crippen molar-refractivity contribution in [1.29, 1.82) is 0 Å². The van der Waals surface area contributed by atoms with E-state index in [2.05, 4.69) is 17.0 Å². The Kier molecular flexibility index (Phi) is 3.34. The van der Waals surface area contributed by atoms with Crippen LogP contribution in [0.15, 0.2) is 18.2 Å². The van der Waals surface area contributed by atoms with Gasteiger partial charge in [-0.25, -0.2) is 9.67 Å². The maximum absolute atomic E-state index is 5.33. The Morgan fingerprint density at radius 3 is 2.70 bits per heavy atom. The molecule has 0 N–H and O–H groups in total. The first-order valence-corrected chi connectivity index (χ1v) is 6.90. The fourth-order valence-electron chi connectivity index (χ4n) is 2.66. The molecule has 0 saturated heterocycles. The molecule has 0 amide bonds. The topological polar surface area (TPSA) is 49.2 Å². The highest BCUT2D eigenvalue weighted by molar-refractivity contribution is 5.61. The fraction of sp³-hybridized carbons (Fsp3) is 0.467. The van der Waals surface area contributed by atoms with Gasteiger partial charge in [0.15, 0.2) is 17.3 Å². The van der Waals surface area contributed by atoms with Gasteiger partial charge in [0, 0.05) is 18.0 Å². The van der Waals surface area contributed by atoms with Crippen LogP contribution in [0.1, 0.15) is 31.5 Å². The molecule has 1 aromatic heterocycles. The number of ether oxygens (including phenoxy) is 2. The zero-order valence-electron chi connectivity index (χ0n) is 12.1. The molecule has 1 unspecified atom stereocenters. The van der Waals surface area contributed by atoms with E-state index in [-0.39, 0.29) is 0 Å². The van der Waals surface area contributed by atoms with Crippen LogP contribution in [0.2, 0.25) is 0 Å². The Balaban J connectivity index is 2.01.